The van der Waals surface area contributed by atoms with Crippen molar-refractivity contribution < 1.29 is 14.2 Å². The fourth-order valence-electron chi connectivity index (χ4n) is 19.3. The molecule has 0 saturated heterocycles. The second kappa shape index (κ2) is 20.0. The highest BCUT2D eigenvalue weighted by molar-refractivity contribution is 7.06. The third kappa shape index (κ3) is 7.90. The van der Waals surface area contributed by atoms with Crippen LogP contribution in [0.15, 0.2) is 176 Å². The molecule has 0 spiro atoms. The Morgan fingerprint density at radius 2 is 0.750 bits per heavy atom. The summed E-state index contributed by atoms with van der Waals surface area (Å²) < 4.78 is 22.6. The van der Waals surface area contributed by atoms with Gasteiger partial charge >= 0.3 is 0 Å². The molecular weight excluding hydrogens is 1180 g/mol. The molecule has 0 unspecified atom stereocenters. The maximum Gasteiger partial charge on any atom is 0.260 e. The number of anilines is 8. The minimum atomic E-state index is -2.23. The highest BCUT2D eigenvalue weighted by atomic mass is 28.3. The van der Waals surface area contributed by atoms with E-state index in [0.29, 0.717) is 0 Å². The predicted octanol–water partition coefficient (Wildman–Crippen LogP) is 15.0. The zero-order valence-corrected chi connectivity index (χ0v) is 58.1. The predicted molar refractivity (Wildman–Crippen MR) is 409 cm³/mol. The Morgan fingerprint density at radius 3 is 1.36 bits per heavy atom. The zero-order chi connectivity index (χ0) is 65.5. The fraction of sp³-hybridized carbons (Fsp3) is 0.163. The van der Waals surface area contributed by atoms with Crippen molar-refractivity contribution in [2.75, 3.05) is 15.1 Å². The van der Waals surface area contributed by atoms with Crippen LogP contribution in [0.2, 0.25) is 13.1 Å². The summed E-state index contributed by atoms with van der Waals surface area (Å²) in [6, 6.07) is 67.9. The molecule has 6 nitrogen and oxygen atoms in total. The van der Waals surface area contributed by atoms with Gasteiger partial charge in [0.15, 0.2) is 0 Å². The van der Waals surface area contributed by atoms with E-state index in [4.69, 9.17) is 14.2 Å². The summed E-state index contributed by atoms with van der Waals surface area (Å²) >= 11 is 0. The molecule has 10 heteroatoms. The largest absolute Gasteiger partial charge is 0.458 e. The number of ether oxygens (including phenoxy) is 3. The van der Waals surface area contributed by atoms with Gasteiger partial charge in [-0.3, -0.25) is 0 Å². The van der Waals surface area contributed by atoms with Gasteiger partial charge in [0.25, 0.3) is 20.1 Å². The van der Waals surface area contributed by atoms with E-state index in [1.54, 1.807) is 0 Å². The second-order valence-corrected chi connectivity index (χ2v) is 33.9. The second-order valence-electron chi connectivity index (χ2n) is 29.6. The normalized spacial score (nSPS) is 14.5. The van der Waals surface area contributed by atoms with E-state index in [0.717, 1.165) is 95.9 Å². The Morgan fingerprint density at radius 1 is 0.302 bits per heavy atom. The first kappa shape index (κ1) is 57.3. The lowest BCUT2D eigenvalue weighted by Gasteiger charge is -2.48. The van der Waals surface area contributed by atoms with Crippen LogP contribution in [0.3, 0.4) is 0 Å². The third-order valence-electron chi connectivity index (χ3n) is 22.6. The fourth-order valence-corrected chi connectivity index (χ4v) is 22.3. The molecular formula is C86H72B3N3O3Si. The van der Waals surface area contributed by atoms with Crippen LogP contribution in [0, 0.1) is 83.1 Å². The molecule has 0 fully saturated rings. The summed E-state index contributed by atoms with van der Waals surface area (Å²) in [7, 11) is -2.23. The van der Waals surface area contributed by atoms with E-state index in [9.17, 15) is 0 Å². The van der Waals surface area contributed by atoms with Crippen LogP contribution in [0.4, 0.5) is 45.5 Å². The molecule has 0 aromatic heterocycles. The quantitative estimate of drug-likeness (QED) is 0.177. The molecule has 0 radical (unpaired) electrons. The van der Waals surface area contributed by atoms with Crippen LogP contribution < -0.4 is 88.9 Å². The molecule has 0 saturated carbocycles. The van der Waals surface area contributed by atoms with Gasteiger partial charge in [-0.2, -0.15) is 0 Å². The number of fused-ring (bicyclic) bond motifs is 14. The van der Waals surface area contributed by atoms with Crippen LogP contribution in [-0.4, -0.2) is 28.2 Å². The monoisotopic (exact) mass is 1260 g/mol. The average molecular weight is 1260 g/mol. The van der Waals surface area contributed by atoms with Crippen LogP contribution in [-0.2, 0) is 0 Å². The summed E-state index contributed by atoms with van der Waals surface area (Å²) in [6.07, 6.45) is 0. The Hall–Kier alpha value is -10.1. The van der Waals surface area contributed by atoms with E-state index in [2.05, 4.69) is 287 Å². The number of rotatable bonds is 4. The summed E-state index contributed by atoms with van der Waals surface area (Å²) in [6.45, 7) is 31.4. The number of hydrogen-bond acceptors (Lipinski definition) is 6. The average Bonchev–Trinajstić information content (AvgIpc) is 0.712. The topological polar surface area (TPSA) is 46.2 Å². The minimum absolute atomic E-state index is 0.0914. The maximum atomic E-state index is 7.72. The molecule has 0 amide bonds. The lowest BCUT2D eigenvalue weighted by atomic mass is 9.30. The first-order chi connectivity index (χ1) is 46.3. The smallest absolute Gasteiger partial charge is 0.260 e. The molecule has 0 aliphatic carbocycles. The number of nitrogens with zero attached hydrogens (tertiary/aromatic N) is 2. The lowest BCUT2D eigenvalue weighted by Crippen LogP contribution is -2.67. The van der Waals surface area contributed by atoms with Gasteiger partial charge in [0.2, 0.25) is 0 Å². The molecule has 7 heterocycles. The van der Waals surface area contributed by atoms with E-state index in [1.807, 2.05) is 0 Å². The molecule has 12 aromatic carbocycles. The van der Waals surface area contributed by atoms with Gasteiger partial charge in [-0.1, -0.05) is 151 Å². The molecule has 0 bridgehead atoms. The first-order valence-electron chi connectivity index (χ1n) is 34.2. The highest BCUT2D eigenvalue weighted by Crippen LogP contribution is 2.50. The Labute approximate surface area is 565 Å². The van der Waals surface area contributed by atoms with E-state index in [1.165, 1.54) is 144 Å². The van der Waals surface area contributed by atoms with E-state index < -0.39 is 8.07 Å². The van der Waals surface area contributed by atoms with Crippen LogP contribution >= 0.6 is 0 Å². The SMILES string of the molecule is Cc1cc(C)c(-c2cc3c4c(c2)Oc2cc5c(cc2B4c2cc4c(cc2O3)Nc2cc(-c3c(C)cc(C)cc3C)cc3c2B4c2cccc4c2N3c2ccccc2[Si]4(C)C)B2c3ccccc3Oc3cc(-c4c(C)cc(C)cc4C)cc(c32)N5c2c(C)cc(C)cc2C)c(C)c1. The van der Waals surface area contributed by atoms with Crippen molar-refractivity contribution in [2.45, 2.75) is 96.2 Å². The standard InChI is InChI=1S/C86H72B3N3O3Si/c1-44-26-48(5)79(49(6)27-44)56-34-66-82-69(35-56)91-67-22-16-18-24-77(67)96(13,14)78-25-19-21-60(86(78)91)88(82)61-40-63-72(42-65(61)90-66)94-75-38-58(81-52(9)30-46(3)31-53(81)10)39-76-84(75)89(63)64-41-62-68(43-73(64)95-76)92(85-54(11)32-47(4)33-55(85)12)70-36-57(80-50(7)28-45(2)29-51(80)8)37-74-83(70)87(62)59-20-15-17-23-71(59)93-74/h15-43,90H,1-14H3. The van der Waals surface area contributed by atoms with Crippen molar-refractivity contribution in [2.24, 2.45) is 0 Å². The minimum Gasteiger partial charge on any atom is -0.458 e. The molecule has 462 valence electrons. The molecule has 19 rings (SSSR count). The van der Waals surface area contributed by atoms with Crippen molar-refractivity contribution in [3.8, 4) is 67.9 Å². The van der Waals surface area contributed by atoms with Crippen molar-refractivity contribution in [1.82, 2.24) is 0 Å². The zero-order valence-electron chi connectivity index (χ0n) is 57.1. The van der Waals surface area contributed by atoms with Crippen LogP contribution in [0.1, 0.15) is 66.8 Å². The summed E-state index contributed by atoms with van der Waals surface area (Å²) in [5, 5.41) is 7.13. The number of para-hydroxylation sites is 3. The number of aryl methyl sites for hydroxylation is 12. The first-order valence-corrected chi connectivity index (χ1v) is 37.2. The van der Waals surface area contributed by atoms with Crippen molar-refractivity contribution in [3.05, 3.63) is 243 Å². The summed E-state index contributed by atoms with van der Waals surface area (Å²) in [5.41, 5.74) is 42.2. The number of nitrogens with one attached hydrogen (secondary N) is 1. The van der Waals surface area contributed by atoms with Gasteiger partial charge in [0.1, 0.15) is 42.6 Å². The number of benzene rings is 12. The Balaban J connectivity index is 0.883. The molecule has 12 aromatic rings. The molecule has 1 N–H and O–H groups in total. The molecule has 96 heavy (non-hydrogen) atoms. The molecule has 0 atom stereocenters. The number of hydrogen-bond donors (Lipinski definition) is 1. The lowest BCUT2D eigenvalue weighted by molar-refractivity contribution is 0.465. The van der Waals surface area contributed by atoms with Crippen molar-refractivity contribution in [3.63, 3.8) is 0 Å². The van der Waals surface area contributed by atoms with Crippen molar-refractivity contribution in [1.29, 1.82) is 0 Å². The van der Waals surface area contributed by atoms with Crippen LogP contribution in [0.25, 0.3) is 33.4 Å². The van der Waals surface area contributed by atoms with Gasteiger partial charge < -0.3 is 29.3 Å². The molecule has 7 aliphatic rings. The molecule has 7 aliphatic heterocycles. The van der Waals surface area contributed by atoms with Gasteiger partial charge in [-0.25, -0.2) is 0 Å². The Bertz CT molecular complexity index is 5520. The van der Waals surface area contributed by atoms with Gasteiger partial charge in [-0.15, -0.1) is 0 Å². The summed E-state index contributed by atoms with van der Waals surface area (Å²) in [5.74, 6) is 5.08. The van der Waals surface area contributed by atoms with Crippen LogP contribution in [0.5, 0.6) is 34.5 Å². The maximum absolute atomic E-state index is 7.72. The highest BCUT2D eigenvalue weighted by Gasteiger charge is 2.51. The van der Waals surface area contributed by atoms with Crippen molar-refractivity contribution >= 4 is 133 Å². The van der Waals surface area contributed by atoms with E-state index >= 15 is 0 Å². The van der Waals surface area contributed by atoms with E-state index in [-0.39, 0.29) is 20.1 Å². The third-order valence-corrected chi connectivity index (χ3v) is 26.1. The summed E-state index contributed by atoms with van der Waals surface area (Å²) in [4.78, 5) is 5.21. The van der Waals surface area contributed by atoms with Gasteiger partial charge in [-0.05, 0) is 264 Å². The van der Waals surface area contributed by atoms with Gasteiger partial charge in [0, 0.05) is 57.4 Å². The Kier molecular flexibility index (Phi) is 11.9. The van der Waals surface area contributed by atoms with Gasteiger partial charge in [0.05, 0.1) is 5.69 Å².